The van der Waals surface area contributed by atoms with E-state index in [1.807, 2.05) is 47.8 Å². The van der Waals surface area contributed by atoms with Gasteiger partial charge in [0.1, 0.15) is 0 Å². The van der Waals surface area contributed by atoms with E-state index in [9.17, 15) is 4.79 Å². The van der Waals surface area contributed by atoms with Gasteiger partial charge >= 0.3 is 0 Å². The molecule has 0 unspecified atom stereocenters. The maximum absolute atomic E-state index is 12.6. The summed E-state index contributed by atoms with van der Waals surface area (Å²) in [7, 11) is 0. The van der Waals surface area contributed by atoms with Crippen LogP contribution < -0.4 is 5.32 Å². The SMILES string of the molecule is O=C(NCc1cccnc1-c1ccsc1)c1ccc(-c2ccc(Cl)c(Cl)c2)cc1. The maximum atomic E-state index is 12.6. The molecule has 0 aliphatic rings. The highest BCUT2D eigenvalue weighted by Gasteiger charge is 2.10. The van der Waals surface area contributed by atoms with Crippen LogP contribution in [0.25, 0.3) is 22.4 Å². The van der Waals surface area contributed by atoms with Crippen LogP contribution in [0.5, 0.6) is 0 Å². The van der Waals surface area contributed by atoms with Crippen LogP contribution in [0.3, 0.4) is 0 Å². The van der Waals surface area contributed by atoms with Crippen molar-refractivity contribution in [1.82, 2.24) is 10.3 Å². The minimum absolute atomic E-state index is 0.134. The van der Waals surface area contributed by atoms with Gasteiger partial charge in [-0.15, -0.1) is 0 Å². The van der Waals surface area contributed by atoms with Crippen molar-refractivity contribution in [2.75, 3.05) is 0 Å². The Kier molecular flexibility index (Phi) is 5.95. The molecule has 0 spiro atoms. The van der Waals surface area contributed by atoms with E-state index in [4.69, 9.17) is 23.2 Å². The van der Waals surface area contributed by atoms with Crippen molar-refractivity contribution >= 4 is 40.4 Å². The van der Waals surface area contributed by atoms with Gasteiger partial charge in [-0.3, -0.25) is 9.78 Å². The minimum Gasteiger partial charge on any atom is -0.348 e. The molecule has 4 aromatic rings. The number of thiophene rings is 1. The molecule has 0 atom stereocenters. The summed E-state index contributed by atoms with van der Waals surface area (Å²) < 4.78 is 0. The Morgan fingerprint density at radius 1 is 0.931 bits per heavy atom. The average molecular weight is 439 g/mol. The molecule has 3 nitrogen and oxygen atoms in total. The molecule has 144 valence electrons. The van der Waals surface area contributed by atoms with E-state index in [2.05, 4.69) is 15.7 Å². The molecule has 0 aliphatic carbocycles. The Balaban J connectivity index is 1.47. The van der Waals surface area contributed by atoms with Gasteiger partial charge < -0.3 is 5.32 Å². The minimum atomic E-state index is -0.134. The molecule has 0 radical (unpaired) electrons. The normalized spacial score (nSPS) is 10.7. The van der Waals surface area contributed by atoms with E-state index in [1.54, 1.807) is 35.7 Å². The number of hydrogen-bond donors (Lipinski definition) is 1. The number of amides is 1. The molecule has 0 bridgehead atoms. The monoisotopic (exact) mass is 438 g/mol. The van der Waals surface area contributed by atoms with Gasteiger partial charge in [0.05, 0.1) is 15.7 Å². The zero-order chi connectivity index (χ0) is 20.2. The second-order valence-electron chi connectivity index (χ2n) is 6.41. The highest BCUT2D eigenvalue weighted by atomic mass is 35.5. The Hall–Kier alpha value is -2.66. The molecule has 1 N–H and O–H groups in total. The van der Waals surface area contributed by atoms with E-state index in [0.717, 1.165) is 27.9 Å². The lowest BCUT2D eigenvalue weighted by Crippen LogP contribution is -2.23. The molecular formula is C23H16Cl2N2OS. The Morgan fingerprint density at radius 2 is 1.72 bits per heavy atom. The number of nitrogens with zero attached hydrogens (tertiary/aromatic N) is 1. The van der Waals surface area contributed by atoms with Gasteiger partial charge in [-0.1, -0.05) is 47.5 Å². The number of halogens is 2. The molecule has 29 heavy (non-hydrogen) atoms. The number of carbonyl (C=O) groups is 1. The first-order valence-corrected chi connectivity index (χ1v) is 10.6. The van der Waals surface area contributed by atoms with Gasteiger partial charge in [-0.05, 0) is 58.5 Å². The van der Waals surface area contributed by atoms with Crippen LogP contribution in [0, 0.1) is 0 Å². The van der Waals surface area contributed by atoms with Gasteiger partial charge in [0.2, 0.25) is 0 Å². The summed E-state index contributed by atoms with van der Waals surface area (Å²) in [5, 5.41) is 8.07. The lowest BCUT2D eigenvalue weighted by Gasteiger charge is -2.10. The number of aromatic nitrogens is 1. The summed E-state index contributed by atoms with van der Waals surface area (Å²) in [4.78, 5) is 17.1. The fourth-order valence-electron chi connectivity index (χ4n) is 3.01. The Labute approximate surface area is 183 Å². The third-order valence-electron chi connectivity index (χ3n) is 4.53. The number of pyridine rings is 1. The largest absolute Gasteiger partial charge is 0.348 e. The Morgan fingerprint density at radius 3 is 2.45 bits per heavy atom. The lowest BCUT2D eigenvalue weighted by atomic mass is 10.0. The van der Waals surface area contributed by atoms with Gasteiger partial charge in [-0.25, -0.2) is 0 Å². The zero-order valence-electron chi connectivity index (χ0n) is 15.2. The molecule has 2 heterocycles. The van der Waals surface area contributed by atoms with Crippen LogP contribution in [0.1, 0.15) is 15.9 Å². The predicted molar refractivity (Wildman–Crippen MR) is 121 cm³/mol. The number of carbonyl (C=O) groups excluding carboxylic acids is 1. The number of hydrogen-bond acceptors (Lipinski definition) is 3. The first-order valence-electron chi connectivity index (χ1n) is 8.92. The Bertz CT molecular complexity index is 1140. The van der Waals surface area contributed by atoms with Crippen LogP contribution >= 0.6 is 34.5 Å². The van der Waals surface area contributed by atoms with Gasteiger partial charge in [0.25, 0.3) is 5.91 Å². The van der Waals surface area contributed by atoms with E-state index in [0.29, 0.717) is 22.2 Å². The molecule has 0 saturated heterocycles. The number of benzene rings is 2. The van der Waals surface area contributed by atoms with Crippen LogP contribution in [-0.2, 0) is 6.54 Å². The molecule has 4 rings (SSSR count). The van der Waals surface area contributed by atoms with Gasteiger partial charge in [0.15, 0.2) is 0 Å². The third kappa shape index (κ3) is 4.51. The van der Waals surface area contributed by atoms with Crippen LogP contribution in [0.2, 0.25) is 10.0 Å². The summed E-state index contributed by atoms with van der Waals surface area (Å²) in [6.07, 6.45) is 1.76. The van der Waals surface area contributed by atoms with Crippen LogP contribution in [0.4, 0.5) is 0 Å². The maximum Gasteiger partial charge on any atom is 0.251 e. The highest BCUT2D eigenvalue weighted by Crippen LogP contribution is 2.28. The van der Waals surface area contributed by atoms with Crippen LogP contribution in [-0.4, -0.2) is 10.9 Å². The quantitative estimate of drug-likeness (QED) is 0.375. The van der Waals surface area contributed by atoms with Crippen molar-refractivity contribution in [2.24, 2.45) is 0 Å². The first kappa shape index (κ1) is 19.6. The summed E-state index contributed by atoms with van der Waals surface area (Å²) in [5.74, 6) is -0.134. The van der Waals surface area contributed by atoms with Crippen molar-refractivity contribution in [3.63, 3.8) is 0 Å². The number of rotatable bonds is 5. The van der Waals surface area contributed by atoms with Crippen molar-refractivity contribution in [2.45, 2.75) is 6.54 Å². The summed E-state index contributed by atoms with van der Waals surface area (Å²) in [6, 6.07) is 18.8. The molecule has 6 heteroatoms. The van der Waals surface area contributed by atoms with Crippen molar-refractivity contribution in [3.8, 4) is 22.4 Å². The van der Waals surface area contributed by atoms with Crippen molar-refractivity contribution in [1.29, 1.82) is 0 Å². The third-order valence-corrected chi connectivity index (χ3v) is 5.95. The average Bonchev–Trinajstić information content (AvgIpc) is 3.29. The van der Waals surface area contributed by atoms with E-state index < -0.39 is 0 Å². The molecule has 0 fully saturated rings. The molecule has 2 aromatic heterocycles. The van der Waals surface area contributed by atoms with E-state index >= 15 is 0 Å². The topological polar surface area (TPSA) is 42.0 Å². The fourth-order valence-corrected chi connectivity index (χ4v) is 3.95. The molecule has 1 amide bonds. The number of nitrogens with one attached hydrogen (secondary N) is 1. The molecule has 2 aromatic carbocycles. The standard InChI is InChI=1S/C23H16Cl2N2OS/c24-20-8-7-17(12-21(20)25)15-3-5-16(6-4-15)23(28)27-13-18-2-1-10-26-22(18)19-9-11-29-14-19/h1-12,14H,13H2,(H,27,28). The lowest BCUT2D eigenvalue weighted by molar-refractivity contribution is 0.0951. The highest BCUT2D eigenvalue weighted by molar-refractivity contribution is 7.08. The van der Waals surface area contributed by atoms with E-state index in [-0.39, 0.29) is 5.91 Å². The second kappa shape index (κ2) is 8.78. The predicted octanol–water partition coefficient (Wildman–Crippen LogP) is 6.71. The smallest absolute Gasteiger partial charge is 0.251 e. The zero-order valence-corrected chi connectivity index (χ0v) is 17.6. The second-order valence-corrected chi connectivity index (χ2v) is 8.01. The summed E-state index contributed by atoms with van der Waals surface area (Å²) in [5.41, 5.74) is 5.44. The van der Waals surface area contributed by atoms with E-state index in [1.165, 1.54) is 0 Å². The van der Waals surface area contributed by atoms with Crippen LogP contribution in [0.15, 0.2) is 77.6 Å². The van der Waals surface area contributed by atoms with Gasteiger partial charge in [0, 0.05) is 29.2 Å². The van der Waals surface area contributed by atoms with Crippen molar-refractivity contribution < 1.29 is 4.79 Å². The first-order chi connectivity index (χ1) is 14.1. The van der Waals surface area contributed by atoms with Gasteiger partial charge in [-0.2, -0.15) is 11.3 Å². The summed E-state index contributed by atoms with van der Waals surface area (Å²) >= 11 is 13.7. The summed E-state index contributed by atoms with van der Waals surface area (Å²) in [6.45, 7) is 0.409. The fraction of sp³-hybridized carbons (Fsp3) is 0.0435. The molecule has 0 aliphatic heterocycles. The molecule has 0 saturated carbocycles. The molecular weight excluding hydrogens is 423 g/mol. The van der Waals surface area contributed by atoms with Crippen molar-refractivity contribution in [3.05, 3.63) is 98.8 Å².